The Balaban J connectivity index is 1.13. The van der Waals surface area contributed by atoms with Crippen LogP contribution in [0.25, 0.3) is 0 Å². The molecule has 0 spiro atoms. The molecule has 0 radical (unpaired) electrons. The number of amides is 2. The summed E-state index contributed by atoms with van der Waals surface area (Å²) in [4.78, 5) is 37.3. The second-order valence-electron chi connectivity index (χ2n) is 9.83. The second kappa shape index (κ2) is 11.8. The molecule has 7 nitrogen and oxygen atoms in total. The first kappa shape index (κ1) is 25.3. The number of nitrogens with zero attached hydrogens (tertiary/aromatic N) is 3. The van der Waals surface area contributed by atoms with E-state index in [9.17, 15) is 14.0 Å². The number of carbonyl (C=O) groups excluding carboxylic acids is 2. The zero-order valence-corrected chi connectivity index (χ0v) is 21.6. The lowest BCUT2D eigenvalue weighted by molar-refractivity contribution is -0.137. The van der Waals surface area contributed by atoms with Gasteiger partial charge in [-0.1, -0.05) is 42.7 Å². The van der Waals surface area contributed by atoms with Crippen LogP contribution in [-0.2, 0) is 11.3 Å². The lowest BCUT2D eigenvalue weighted by Gasteiger charge is -2.35. The number of aromatic nitrogens is 2. The minimum absolute atomic E-state index is 0.230. The Kier molecular flexibility index (Phi) is 8.08. The van der Waals surface area contributed by atoms with Gasteiger partial charge in [0.05, 0.1) is 6.54 Å². The van der Waals surface area contributed by atoms with Crippen LogP contribution in [0.5, 0.6) is 0 Å². The molecule has 2 aromatic heterocycles. The molecule has 1 aliphatic carbocycles. The maximum absolute atomic E-state index is 13.3. The van der Waals surface area contributed by atoms with E-state index < -0.39 is 5.82 Å². The Morgan fingerprint density at radius 3 is 2.59 bits per heavy atom. The van der Waals surface area contributed by atoms with Crippen LogP contribution >= 0.6 is 11.3 Å². The monoisotopic (exact) mass is 521 g/mol. The summed E-state index contributed by atoms with van der Waals surface area (Å²) >= 11 is 1.43. The van der Waals surface area contributed by atoms with Gasteiger partial charge in [-0.15, -0.1) is 0 Å². The van der Waals surface area contributed by atoms with Crippen LogP contribution in [0.4, 0.5) is 15.3 Å². The van der Waals surface area contributed by atoms with Crippen LogP contribution in [0, 0.1) is 11.7 Å². The summed E-state index contributed by atoms with van der Waals surface area (Å²) < 4.78 is 13.3. The molecule has 1 saturated carbocycles. The van der Waals surface area contributed by atoms with Gasteiger partial charge in [-0.2, -0.15) is 0 Å². The smallest absolute Gasteiger partial charge is 0.251 e. The highest BCUT2D eigenvalue weighted by molar-refractivity contribution is 7.15. The summed E-state index contributed by atoms with van der Waals surface area (Å²) in [5, 5.41) is 6.76. The van der Waals surface area contributed by atoms with Gasteiger partial charge in [0.2, 0.25) is 5.91 Å². The van der Waals surface area contributed by atoms with E-state index in [1.54, 1.807) is 12.3 Å². The zero-order chi connectivity index (χ0) is 25.6. The number of benzene rings is 1. The molecular formula is C28H32FN5O2S. The molecule has 1 aromatic carbocycles. The highest BCUT2D eigenvalue weighted by atomic mass is 32.1. The van der Waals surface area contributed by atoms with Crippen molar-refractivity contribution in [3.05, 3.63) is 70.6 Å². The van der Waals surface area contributed by atoms with Crippen LogP contribution < -0.4 is 10.6 Å². The number of hydrogen-bond donors (Lipinski definition) is 2. The minimum atomic E-state index is -0.440. The SMILES string of the molecule is O=C(NCc1cnc(Nc2cccc(C3CCN(C(=O)C4CCCCC4)CC3)n2)s1)c1cccc(F)c1. The van der Waals surface area contributed by atoms with Gasteiger partial charge in [-0.05, 0) is 56.0 Å². The number of halogens is 1. The predicted molar refractivity (Wildman–Crippen MR) is 142 cm³/mol. The Morgan fingerprint density at radius 2 is 1.81 bits per heavy atom. The molecule has 1 aliphatic heterocycles. The van der Waals surface area contributed by atoms with Gasteiger partial charge in [0.1, 0.15) is 11.6 Å². The topological polar surface area (TPSA) is 87.2 Å². The molecule has 37 heavy (non-hydrogen) atoms. The van der Waals surface area contributed by atoms with Gasteiger partial charge in [0.15, 0.2) is 5.13 Å². The molecule has 2 aliphatic rings. The summed E-state index contributed by atoms with van der Waals surface area (Å²) in [5.41, 5.74) is 1.32. The zero-order valence-electron chi connectivity index (χ0n) is 20.8. The molecule has 3 heterocycles. The Hall–Kier alpha value is -3.33. The van der Waals surface area contributed by atoms with Crippen molar-refractivity contribution >= 4 is 34.1 Å². The van der Waals surface area contributed by atoms with Crippen LogP contribution in [-0.4, -0.2) is 39.8 Å². The van der Waals surface area contributed by atoms with Crippen molar-refractivity contribution in [1.29, 1.82) is 0 Å². The predicted octanol–water partition coefficient (Wildman–Crippen LogP) is 5.64. The van der Waals surface area contributed by atoms with Gasteiger partial charge >= 0.3 is 0 Å². The van der Waals surface area contributed by atoms with Crippen LogP contribution in [0.15, 0.2) is 48.7 Å². The quantitative estimate of drug-likeness (QED) is 0.420. The maximum Gasteiger partial charge on any atom is 0.251 e. The average Bonchev–Trinajstić information content (AvgIpc) is 3.39. The first-order chi connectivity index (χ1) is 18.0. The highest BCUT2D eigenvalue weighted by Crippen LogP contribution is 2.31. The third-order valence-electron chi connectivity index (χ3n) is 7.25. The van der Waals surface area contributed by atoms with E-state index in [4.69, 9.17) is 4.98 Å². The van der Waals surface area contributed by atoms with E-state index >= 15 is 0 Å². The lowest BCUT2D eigenvalue weighted by atomic mass is 9.86. The number of carbonyl (C=O) groups is 2. The molecular weight excluding hydrogens is 489 g/mol. The second-order valence-corrected chi connectivity index (χ2v) is 10.9. The van der Waals surface area contributed by atoms with Crippen molar-refractivity contribution in [3.63, 3.8) is 0 Å². The molecule has 2 fully saturated rings. The summed E-state index contributed by atoms with van der Waals surface area (Å²) in [7, 11) is 0. The van der Waals surface area contributed by atoms with Crippen molar-refractivity contribution in [2.75, 3.05) is 18.4 Å². The van der Waals surface area contributed by atoms with Crippen molar-refractivity contribution in [3.8, 4) is 0 Å². The Bertz CT molecular complexity index is 1230. The summed E-state index contributed by atoms with van der Waals surface area (Å²) in [6.07, 6.45) is 9.29. The van der Waals surface area contributed by atoms with Crippen molar-refractivity contribution in [2.45, 2.75) is 57.4 Å². The maximum atomic E-state index is 13.3. The van der Waals surface area contributed by atoms with E-state index in [2.05, 4.69) is 26.6 Å². The average molecular weight is 522 g/mol. The van der Waals surface area contributed by atoms with Gasteiger partial charge in [0.25, 0.3) is 5.91 Å². The molecule has 2 amide bonds. The highest BCUT2D eigenvalue weighted by Gasteiger charge is 2.30. The standard InChI is InChI=1S/C28H32FN5O2S/c29-22-9-4-8-21(16-22)26(35)30-17-23-18-31-28(37-23)33-25-11-5-10-24(32-25)19-12-14-34(15-13-19)27(36)20-6-2-1-3-7-20/h4-5,8-11,16,18-20H,1-3,6-7,12-15,17H2,(H,30,35)(H,31,32,33). The molecule has 194 valence electrons. The number of pyridine rings is 1. The third kappa shape index (κ3) is 6.52. The number of likely N-dealkylation sites (tertiary alicyclic amines) is 1. The van der Waals surface area contributed by atoms with E-state index in [0.717, 1.165) is 55.2 Å². The van der Waals surface area contributed by atoms with Gasteiger partial charge in [-0.25, -0.2) is 14.4 Å². The number of anilines is 2. The number of rotatable bonds is 7. The van der Waals surface area contributed by atoms with Crippen molar-refractivity contribution in [2.24, 2.45) is 5.92 Å². The Labute approximate surface area is 220 Å². The minimum Gasteiger partial charge on any atom is -0.347 e. The normalized spacial score (nSPS) is 16.9. The van der Waals surface area contributed by atoms with Gasteiger partial charge < -0.3 is 15.5 Å². The van der Waals surface area contributed by atoms with Crippen molar-refractivity contribution < 1.29 is 14.0 Å². The van der Waals surface area contributed by atoms with Crippen LogP contribution in [0.2, 0.25) is 0 Å². The molecule has 3 aromatic rings. The third-order valence-corrected chi connectivity index (χ3v) is 8.16. The largest absolute Gasteiger partial charge is 0.347 e. The fourth-order valence-electron chi connectivity index (χ4n) is 5.21. The van der Waals surface area contributed by atoms with Gasteiger partial charge in [-0.3, -0.25) is 9.59 Å². The summed E-state index contributed by atoms with van der Waals surface area (Å²) in [6, 6.07) is 11.6. The fourth-order valence-corrected chi connectivity index (χ4v) is 5.97. The van der Waals surface area contributed by atoms with Gasteiger partial charge in [0, 0.05) is 47.3 Å². The molecule has 0 atom stereocenters. The number of nitrogens with one attached hydrogen (secondary N) is 2. The first-order valence-corrected chi connectivity index (χ1v) is 13.9. The number of piperidine rings is 1. The molecule has 1 saturated heterocycles. The van der Waals surface area contributed by atoms with E-state index in [1.165, 1.54) is 48.8 Å². The molecule has 5 rings (SSSR count). The fraction of sp³-hybridized carbons (Fsp3) is 0.429. The summed E-state index contributed by atoms with van der Waals surface area (Å²) in [5.74, 6) is 0.875. The molecule has 9 heteroatoms. The number of hydrogen-bond acceptors (Lipinski definition) is 6. The molecule has 0 bridgehead atoms. The van der Waals surface area contributed by atoms with Crippen LogP contribution in [0.1, 0.15) is 71.8 Å². The lowest BCUT2D eigenvalue weighted by Crippen LogP contribution is -2.42. The Morgan fingerprint density at radius 1 is 1.03 bits per heavy atom. The number of thiazole rings is 1. The van der Waals surface area contributed by atoms with Crippen molar-refractivity contribution in [1.82, 2.24) is 20.2 Å². The van der Waals surface area contributed by atoms with E-state index in [-0.39, 0.29) is 17.4 Å². The van der Waals surface area contributed by atoms with E-state index in [1.807, 2.05) is 12.1 Å². The first-order valence-electron chi connectivity index (χ1n) is 13.1. The molecule has 0 unspecified atom stereocenters. The summed E-state index contributed by atoms with van der Waals surface area (Å²) in [6.45, 7) is 1.91. The van der Waals surface area contributed by atoms with Crippen LogP contribution in [0.3, 0.4) is 0 Å². The van der Waals surface area contributed by atoms with E-state index in [0.29, 0.717) is 23.5 Å². The molecule has 2 N–H and O–H groups in total.